The number of rotatable bonds is 8. The van der Waals surface area contributed by atoms with Gasteiger partial charge in [0.05, 0.1) is 17.8 Å². The van der Waals surface area contributed by atoms with E-state index in [1.165, 1.54) is 0 Å². The predicted octanol–water partition coefficient (Wildman–Crippen LogP) is 1.90. The van der Waals surface area contributed by atoms with E-state index in [0.717, 1.165) is 12.1 Å². The summed E-state index contributed by atoms with van der Waals surface area (Å²) in [4.78, 5) is 0. The number of nitrogens with two attached hydrogens (primary N) is 1. The Bertz CT molecular complexity index is 362. The van der Waals surface area contributed by atoms with Crippen molar-refractivity contribution in [3.8, 4) is 0 Å². The van der Waals surface area contributed by atoms with E-state index >= 15 is 0 Å². The molecule has 0 fully saturated rings. The lowest BCUT2D eigenvalue weighted by Gasteiger charge is -2.29. The molecule has 0 saturated heterocycles. The van der Waals surface area contributed by atoms with Gasteiger partial charge in [0.25, 0.3) is 0 Å². The molecule has 2 unspecified atom stereocenters. The van der Waals surface area contributed by atoms with Gasteiger partial charge >= 0.3 is 0 Å². The van der Waals surface area contributed by atoms with Crippen LogP contribution in [0.2, 0.25) is 0 Å². The molecule has 5 heteroatoms. The number of hydrazine groups is 1. The van der Waals surface area contributed by atoms with Crippen LogP contribution >= 0.6 is 0 Å². The standard InChI is InChI=1S/C14H28N4O/c1-6-19-14(10(2)3)13(16-15)9-12-7-8-18(17-12)11(4)5/h7-8,10-11,13-14,16H,6,9,15H2,1-5H3. The fourth-order valence-electron chi connectivity index (χ4n) is 2.23. The highest BCUT2D eigenvalue weighted by molar-refractivity contribution is 5.03. The lowest BCUT2D eigenvalue weighted by atomic mass is 9.96. The quantitative estimate of drug-likeness (QED) is 0.558. The lowest BCUT2D eigenvalue weighted by Crippen LogP contribution is -2.49. The average molecular weight is 268 g/mol. The number of nitrogens with zero attached hydrogens (tertiary/aromatic N) is 2. The van der Waals surface area contributed by atoms with E-state index in [1.807, 2.05) is 23.9 Å². The van der Waals surface area contributed by atoms with Crippen LogP contribution < -0.4 is 11.3 Å². The van der Waals surface area contributed by atoms with Crippen LogP contribution in [0.5, 0.6) is 0 Å². The number of aromatic nitrogens is 2. The van der Waals surface area contributed by atoms with E-state index < -0.39 is 0 Å². The summed E-state index contributed by atoms with van der Waals surface area (Å²) in [5, 5.41) is 4.56. The van der Waals surface area contributed by atoms with Crippen molar-refractivity contribution in [1.29, 1.82) is 0 Å². The van der Waals surface area contributed by atoms with Crippen LogP contribution in [0.3, 0.4) is 0 Å². The van der Waals surface area contributed by atoms with Gasteiger partial charge < -0.3 is 4.74 Å². The van der Waals surface area contributed by atoms with Gasteiger partial charge in [0.15, 0.2) is 0 Å². The fourth-order valence-corrected chi connectivity index (χ4v) is 2.23. The third kappa shape index (κ3) is 4.60. The van der Waals surface area contributed by atoms with Crippen molar-refractivity contribution in [2.24, 2.45) is 11.8 Å². The summed E-state index contributed by atoms with van der Waals surface area (Å²) in [5.41, 5.74) is 3.92. The topological polar surface area (TPSA) is 65.1 Å². The Labute approximate surface area is 116 Å². The maximum absolute atomic E-state index is 5.81. The van der Waals surface area contributed by atoms with E-state index in [0.29, 0.717) is 18.6 Å². The zero-order valence-corrected chi connectivity index (χ0v) is 12.8. The number of ether oxygens (including phenoxy) is 1. The Hall–Kier alpha value is -0.910. The monoisotopic (exact) mass is 268 g/mol. The minimum Gasteiger partial charge on any atom is -0.377 e. The molecule has 0 amide bonds. The summed E-state index contributed by atoms with van der Waals surface area (Å²) >= 11 is 0. The van der Waals surface area contributed by atoms with Crippen molar-refractivity contribution in [2.75, 3.05) is 6.61 Å². The third-order valence-electron chi connectivity index (χ3n) is 3.25. The van der Waals surface area contributed by atoms with Gasteiger partial charge in [-0.3, -0.25) is 16.0 Å². The molecule has 1 aromatic heterocycles. The average Bonchev–Trinajstić information content (AvgIpc) is 2.82. The molecule has 0 radical (unpaired) electrons. The van der Waals surface area contributed by atoms with Crippen molar-refractivity contribution in [3.63, 3.8) is 0 Å². The van der Waals surface area contributed by atoms with Gasteiger partial charge in [0.2, 0.25) is 0 Å². The molecule has 0 bridgehead atoms. The van der Waals surface area contributed by atoms with Crippen molar-refractivity contribution in [1.82, 2.24) is 15.2 Å². The Morgan fingerprint density at radius 1 is 1.37 bits per heavy atom. The first-order valence-corrected chi connectivity index (χ1v) is 7.11. The minimum absolute atomic E-state index is 0.0791. The largest absolute Gasteiger partial charge is 0.377 e. The van der Waals surface area contributed by atoms with Crippen LogP contribution in [0.15, 0.2) is 12.3 Å². The molecule has 0 aromatic carbocycles. The van der Waals surface area contributed by atoms with Gasteiger partial charge in [-0.1, -0.05) is 13.8 Å². The van der Waals surface area contributed by atoms with Crippen LogP contribution in [-0.4, -0.2) is 28.5 Å². The molecule has 0 spiro atoms. The van der Waals surface area contributed by atoms with Gasteiger partial charge in [-0.25, -0.2) is 0 Å². The summed E-state index contributed by atoms with van der Waals surface area (Å²) in [6.45, 7) is 11.2. The predicted molar refractivity (Wildman–Crippen MR) is 77.7 cm³/mol. The minimum atomic E-state index is 0.0791. The van der Waals surface area contributed by atoms with Crippen LogP contribution in [0.1, 0.15) is 46.4 Å². The molecule has 0 aliphatic heterocycles. The second-order valence-electron chi connectivity index (χ2n) is 5.52. The fraction of sp³-hybridized carbons (Fsp3) is 0.786. The lowest BCUT2D eigenvalue weighted by molar-refractivity contribution is 0.00331. The molecule has 110 valence electrons. The Kier molecular flexibility index (Phi) is 6.48. The summed E-state index contributed by atoms with van der Waals surface area (Å²) < 4.78 is 7.77. The van der Waals surface area contributed by atoms with Crippen molar-refractivity contribution < 1.29 is 4.74 Å². The molecule has 1 rings (SSSR count). The number of nitrogens with one attached hydrogen (secondary N) is 1. The molecule has 19 heavy (non-hydrogen) atoms. The Morgan fingerprint density at radius 3 is 2.47 bits per heavy atom. The molecule has 3 N–H and O–H groups in total. The van der Waals surface area contributed by atoms with Gasteiger partial charge in [0.1, 0.15) is 0 Å². The Balaban J connectivity index is 2.73. The molecular weight excluding hydrogens is 240 g/mol. The first kappa shape index (κ1) is 16.1. The van der Waals surface area contributed by atoms with E-state index in [4.69, 9.17) is 10.6 Å². The van der Waals surface area contributed by atoms with E-state index in [-0.39, 0.29) is 12.1 Å². The molecule has 5 nitrogen and oxygen atoms in total. The molecule has 0 aliphatic carbocycles. The first-order chi connectivity index (χ1) is 8.99. The van der Waals surface area contributed by atoms with Gasteiger partial charge in [-0.15, -0.1) is 0 Å². The highest BCUT2D eigenvalue weighted by Crippen LogP contribution is 2.15. The Morgan fingerprint density at radius 2 is 2.05 bits per heavy atom. The van der Waals surface area contributed by atoms with Crippen LogP contribution in [0.25, 0.3) is 0 Å². The van der Waals surface area contributed by atoms with Gasteiger partial charge in [-0.2, -0.15) is 5.10 Å². The van der Waals surface area contributed by atoms with Gasteiger partial charge in [-0.05, 0) is 32.8 Å². The highest BCUT2D eigenvalue weighted by Gasteiger charge is 2.25. The smallest absolute Gasteiger partial charge is 0.0767 e. The highest BCUT2D eigenvalue weighted by atomic mass is 16.5. The van der Waals surface area contributed by atoms with Crippen LogP contribution in [-0.2, 0) is 11.2 Å². The molecular formula is C14H28N4O. The van der Waals surface area contributed by atoms with E-state index in [2.05, 4.69) is 38.2 Å². The molecule has 1 aromatic rings. The van der Waals surface area contributed by atoms with Gasteiger partial charge in [0, 0.05) is 25.3 Å². The summed E-state index contributed by atoms with van der Waals surface area (Å²) in [6, 6.07) is 2.51. The maximum Gasteiger partial charge on any atom is 0.0767 e. The van der Waals surface area contributed by atoms with E-state index in [9.17, 15) is 0 Å². The first-order valence-electron chi connectivity index (χ1n) is 7.11. The van der Waals surface area contributed by atoms with E-state index in [1.54, 1.807) is 0 Å². The van der Waals surface area contributed by atoms with Crippen molar-refractivity contribution in [3.05, 3.63) is 18.0 Å². The SMILES string of the molecule is CCOC(C(C)C)C(Cc1ccn(C(C)C)n1)NN. The number of hydrogen-bond acceptors (Lipinski definition) is 4. The second kappa shape index (κ2) is 7.62. The van der Waals surface area contributed by atoms with Crippen molar-refractivity contribution >= 4 is 0 Å². The second-order valence-corrected chi connectivity index (χ2v) is 5.52. The third-order valence-corrected chi connectivity index (χ3v) is 3.25. The molecule has 0 saturated carbocycles. The zero-order valence-electron chi connectivity index (χ0n) is 12.8. The van der Waals surface area contributed by atoms with Crippen LogP contribution in [0.4, 0.5) is 0 Å². The maximum atomic E-state index is 5.81. The molecule has 2 atom stereocenters. The van der Waals surface area contributed by atoms with Crippen LogP contribution in [0, 0.1) is 5.92 Å². The number of hydrogen-bond donors (Lipinski definition) is 2. The summed E-state index contributed by atoms with van der Waals surface area (Å²) in [6.07, 6.45) is 2.89. The molecule has 1 heterocycles. The zero-order chi connectivity index (χ0) is 14.4. The summed E-state index contributed by atoms with van der Waals surface area (Å²) in [5.74, 6) is 6.10. The normalized spacial score (nSPS) is 15.2. The van der Waals surface area contributed by atoms with Crippen molar-refractivity contribution in [2.45, 2.75) is 59.2 Å². The summed E-state index contributed by atoms with van der Waals surface area (Å²) in [7, 11) is 0. The molecule has 0 aliphatic rings.